The van der Waals surface area contributed by atoms with Crippen molar-refractivity contribution in [3.63, 3.8) is 0 Å². The van der Waals surface area contributed by atoms with Crippen molar-refractivity contribution in [2.45, 2.75) is 0 Å². The lowest BCUT2D eigenvalue weighted by molar-refractivity contribution is -0.155. The van der Waals surface area contributed by atoms with Gasteiger partial charge in [-0.05, 0) is 0 Å². The second kappa shape index (κ2) is 5.82. The van der Waals surface area contributed by atoms with E-state index in [0.717, 1.165) is 0 Å². The smallest absolute Gasteiger partial charge is 0.310 e. The molecule has 0 saturated carbocycles. The summed E-state index contributed by atoms with van der Waals surface area (Å²) >= 11 is 0. The Labute approximate surface area is 88.5 Å². The summed E-state index contributed by atoms with van der Waals surface area (Å²) in [7, 11) is 2.63. The maximum Gasteiger partial charge on any atom is 0.310 e. The van der Waals surface area contributed by atoms with Crippen molar-refractivity contribution in [2.24, 2.45) is 11.8 Å². The molecule has 1 N–H and O–H groups in total. The van der Waals surface area contributed by atoms with Crippen LogP contribution in [0.25, 0.3) is 0 Å². The zero-order chi connectivity index (χ0) is 9.84. The van der Waals surface area contributed by atoms with Gasteiger partial charge >= 0.3 is 11.9 Å². The van der Waals surface area contributed by atoms with Crippen LogP contribution in [0.3, 0.4) is 0 Å². The number of hydrogen-bond acceptors (Lipinski definition) is 5. The van der Waals surface area contributed by atoms with Crippen LogP contribution in [0.5, 0.6) is 0 Å². The molecule has 0 radical (unpaired) electrons. The maximum absolute atomic E-state index is 11.2. The monoisotopic (exact) mass is 223 g/mol. The van der Waals surface area contributed by atoms with Gasteiger partial charge < -0.3 is 14.8 Å². The van der Waals surface area contributed by atoms with E-state index < -0.39 is 11.8 Å². The number of carbonyl (C=O) groups is 2. The van der Waals surface area contributed by atoms with Crippen molar-refractivity contribution >= 4 is 24.3 Å². The third-order valence-corrected chi connectivity index (χ3v) is 2.22. The van der Waals surface area contributed by atoms with E-state index in [1.165, 1.54) is 14.2 Å². The van der Waals surface area contributed by atoms with Gasteiger partial charge in [0.15, 0.2) is 0 Å². The number of esters is 2. The van der Waals surface area contributed by atoms with Crippen molar-refractivity contribution in [1.29, 1.82) is 0 Å². The second-order valence-electron chi connectivity index (χ2n) is 2.92. The quantitative estimate of drug-likeness (QED) is 0.645. The van der Waals surface area contributed by atoms with E-state index >= 15 is 0 Å². The first kappa shape index (κ1) is 13.2. The standard InChI is InChI=1S/C8H13NO4.ClH/c1-12-7(10)5-3-9-4-6(5)8(11)13-2;/h5-6,9H,3-4H2,1-2H3;1H. The summed E-state index contributed by atoms with van der Waals surface area (Å²) < 4.78 is 9.14. The topological polar surface area (TPSA) is 64.6 Å². The van der Waals surface area contributed by atoms with Gasteiger partial charge in [0.05, 0.1) is 26.1 Å². The van der Waals surface area contributed by atoms with Crippen LogP contribution in [0.15, 0.2) is 0 Å². The molecule has 0 aromatic heterocycles. The molecule has 14 heavy (non-hydrogen) atoms. The Morgan fingerprint density at radius 3 is 1.71 bits per heavy atom. The summed E-state index contributed by atoms with van der Waals surface area (Å²) in [4.78, 5) is 22.3. The minimum absolute atomic E-state index is 0. The fraction of sp³-hybridized carbons (Fsp3) is 0.750. The van der Waals surface area contributed by atoms with E-state index in [9.17, 15) is 9.59 Å². The van der Waals surface area contributed by atoms with Crippen molar-refractivity contribution in [3.05, 3.63) is 0 Å². The second-order valence-corrected chi connectivity index (χ2v) is 2.92. The minimum atomic E-state index is -0.405. The summed E-state index contributed by atoms with van der Waals surface area (Å²) in [5, 5.41) is 2.95. The first-order valence-corrected chi connectivity index (χ1v) is 4.07. The van der Waals surface area contributed by atoms with Gasteiger partial charge in [0.1, 0.15) is 0 Å². The first-order valence-electron chi connectivity index (χ1n) is 4.07. The van der Waals surface area contributed by atoms with Crippen LogP contribution < -0.4 is 5.32 Å². The molecule has 1 fully saturated rings. The van der Waals surface area contributed by atoms with E-state index in [-0.39, 0.29) is 24.3 Å². The molecular formula is C8H14ClNO4. The van der Waals surface area contributed by atoms with E-state index in [4.69, 9.17) is 0 Å². The molecule has 82 valence electrons. The minimum Gasteiger partial charge on any atom is -0.469 e. The number of hydrogen-bond donors (Lipinski definition) is 1. The normalized spacial score (nSPS) is 25.0. The number of carbonyl (C=O) groups excluding carboxylic acids is 2. The Balaban J connectivity index is 0.00000169. The molecule has 1 saturated heterocycles. The lowest BCUT2D eigenvalue weighted by atomic mass is 9.96. The van der Waals surface area contributed by atoms with E-state index in [1.54, 1.807) is 0 Å². The number of halogens is 1. The van der Waals surface area contributed by atoms with E-state index in [2.05, 4.69) is 14.8 Å². The molecule has 2 atom stereocenters. The van der Waals surface area contributed by atoms with Gasteiger partial charge in [-0.15, -0.1) is 12.4 Å². The Hall–Kier alpha value is -0.810. The first-order chi connectivity index (χ1) is 6.20. The number of rotatable bonds is 2. The molecule has 0 aromatic rings. The Morgan fingerprint density at radius 1 is 1.07 bits per heavy atom. The highest BCUT2D eigenvalue weighted by atomic mass is 35.5. The van der Waals surface area contributed by atoms with Crippen LogP contribution in [0.4, 0.5) is 0 Å². The predicted octanol–water partition coefficient (Wildman–Crippen LogP) is -0.410. The molecule has 1 aliphatic heterocycles. The fourth-order valence-corrected chi connectivity index (χ4v) is 1.48. The summed E-state index contributed by atoms with van der Waals surface area (Å²) in [6, 6.07) is 0. The number of nitrogens with one attached hydrogen (secondary N) is 1. The molecular weight excluding hydrogens is 210 g/mol. The highest BCUT2D eigenvalue weighted by Gasteiger charge is 2.39. The molecule has 0 spiro atoms. The maximum atomic E-state index is 11.2. The van der Waals surface area contributed by atoms with Crippen LogP contribution in [-0.2, 0) is 19.1 Å². The number of methoxy groups -OCH3 is 2. The average Bonchev–Trinajstić information content (AvgIpc) is 2.63. The molecule has 5 nitrogen and oxygen atoms in total. The highest BCUT2D eigenvalue weighted by molar-refractivity contribution is 5.85. The summed E-state index contributed by atoms with van der Waals surface area (Å²) in [5.74, 6) is -1.53. The molecule has 0 bridgehead atoms. The summed E-state index contributed by atoms with van der Waals surface area (Å²) in [6.07, 6.45) is 0. The summed E-state index contributed by atoms with van der Waals surface area (Å²) in [5.41, 5.74) is 0. The zero-order valence-electron chi connectivity index (χ0n) is 8.11. The SMILES string of the molecule is COC(=O)C1CNCC1C(=O)OC.Cl. The van der Waals surface area contributed by atoms with Crippen LogP contribution in [0, 0.1) is 11.8 Å². The largest absolute Gasteiger partial charge is 0.469 e. The Kier molecular flexibility index (Phi) is 5.49. The molecule has 2 unspecified atom stereocenters. The van der Waals surface area contributed by atoms with Crippen LogP contribution >= 0.6 is 12.4 Å². The average molecular weight is 224 g/mol. The predicted molar refractivity (Wildman–Crippen MR) is 51.1 cm³/mol. The van der Waals surface area contributed by atoms with E-state index in [0.29, 0.717) is 13.1 Å². The highest BCUT2D eigenvalue weighted by Crippen LogP contribution is 2.19. The van der Waals surface area contributed by atoms with Crippen LogP contribution in [-0.4, -0.2) is 39.2 Å². The lowest BCUT2D eigenvalue weighted by Crippen LogP contribution is -2.30. The van der Waals surface area contributed by atoms with Gasteiger partial charge in [-0.3, -0.25) is 9.59 Å². The van der Waals surface area contributed by atoms with Gasteiger partial charge in [0.25, 0.3) is 0 Å². The van der Waals surface area contributed by atoms with Gasteiger partial charge in [-0.1, -0.05) is 0 Å². The van der Waals surface area contributed by atoms with Crippen molar-refractivity contribution in [3.8, 4) is 0 Å². The van der Waals surface area contributed by atoms with Crippen LogP contribution in [0.1, 0.15) is 0 Å². The molecule has 1 rings (SSSR count). The molecule has 0 aliphatic carbocycles. The fourth-order valence-electron chi connectivity index (χ4n) is 1.48. The molecule has 0 amide bonds. The third kappa shape index (κ3) is 2.59. The van der Waals surface area contributed by atoms with Crippen molar-refractivity contribution < 1.29 is 19.1 Å². The van der Waals surface area contributed by atoms with Gasteiger partial charge in [0, 0.05) is 13.1 Å². The molecule has 6 heteroatoms. The van der Waals surface area contributed by atoms with Crippen LogP contribution in [0.2, 0.25) is 0 Å². The van der Waals surface area contributed by atoms with Gasteiger partial charge in [-0.25, -0.2) is 0 Å². The zero-order valence-corrected chi connectivity index (χ0v) is 8.93. The molecule has 1 aliphatic rings. The van der Waals surface area contributed by atoms with Crippen molar-refractivity contribution in [2.75, 3.05) is 27.3 Å². The number of ether oxygens (including phenoxy) is 2. The lowest BCUT2D eigenvalue weighted by Gasteiger charge is -2.13. The molecule has 1 heterocycles. The van der Waals surface area contributed by atoms with Gasteiger partial charge in [0.2, 0.25) is 0 Å². The van der Waals surface area contributed by atoms with E-state index in [1.807, 2.05) is 0 Å². The Morgan fingerprint density at radius 2 is 1.43 bits per heavy atom. The van der Waals surface area contributed by atoms with Gasteiger partial charge in [-0.2, -0.15) is 0 Å². The Bertz CT molecular complexity index is 199. The summed E-state index contributed by atoms with van der Waals surface area (Å²) in [6.45, 7) is 0.957. The van der Waals surface area contributed by atoms with Crippen molar-refractivity contribution in [1.82, 2.24) is 5.32 Å². The third-order valence-electron chi connectivity index (χ3n) is 2.22. The molecule has 0 aromatic carbocycles.